The van der Waals surface area contributed by atoms with Crippen LogP contribution in [0.1, 0.15) is 31.3 Å². The molecule has 0 spiro atoms. The molecule has 0 saturated carbocycles. The quantitative estimate of drug-likeness (QED) is 0.580. The number of aromatic nitrogens is 2. The summed E-state index contributed by atoms with van der Waals surface area (Å²) in [6, 6.07) is 18.1. The van der Waals surface area contributed by atoms with E-state index in [1.807, 2.05) is 57.2 Å². The van der Waals surface area contributed by atoms with Gasteiger partial charge in [0.05, 0.1) is 24.1 Å². The molecule has 7 nitrogen and oxygen atoms in total. The molecule has 3 rings (SSSR count). The molecule has 0 aliphatic heterocycles. The molecule has 150 valence electrons. The Hall–Kier alpha value is -3.61. The number of benzene rings is 2. The monoisotopic (exact) mass is 392 g/mol. The maximum absolute atomic E-state index is 12.5. The molecule has 1 aromatic heterocycles. The van der Waals surface area contributed by atoms with Gasteiger partial charge in [-0.25, -0.2) is 0 Å². The molecule has 1 heterocycles. The summed E-state index contributed by atoms with van der Waals surface area (Å²) in [4.78, 5) is 12.5. The average molecular weight is 392 g/mol. The van der Waals surface area contributed by atoms with Crippen LogP contribution in [-0.2, 0) is 0 Å². The topological polar surface area (TPSA) is 85.4 Å². The summed E-state index contributed by atoms with van der Waals surface area (Å²) in [5.74, 6) is 1.48. The first kappa shape index (κ1) is 20.1. The summed E-state index contributed by atoms with van der Waals surface area (Å²) in [6.07, 6.45) is 0.0506. The highest BCUT2D eigenvalue weighted by atomic mass is 16.5. The molecule has 1 amide bonds. The minimum Gasteiger partial charge on any atom is -0.492 e. The Labute approximate surface area is 170 Å². The second-order valence-corrected chi connectivity index (χ2v) is 6.47. The van der Waals surface area contributed by atoms with E-state index in [1.54, 1.807) is 24.3 Å². The number of rotatable bonds is 8. The Morgan fingerprint density at radius 3 is 2.28 bits per heavy atom. The molecule has 0 saturated heterocycles. The second kappa shape index (κ2) is 9.54. The second-order valence-electron chi connectivity index (χ2n) is 6.47. The zero-order valence-electron chi connectivity index (χ0n) is 16.7. The number of carbonyl (C=O) groups excluding carboxylic acids is 1. The summed E-state index contributed by atoms with van der Waals surface area (Å²) in [6.45, 7) is 6.33. The van der Waals surface area contributed by atoms with Gasteiger partial charge in [-0.1, -0.05) is 24.3 Å². The molecule has 0 bridgehead atoms. The maximum Gasteiger partial charge on any atom is 0.276 e. The fraction of sp³-hybridized carbons (Fsp3) is 0.227. The third kappa shape index (κ3) is 5.44. The highest BCUT2D eigenvalue weighted by Gasteiger charge is 2.12. The van der Waals surface area contributed by atoms with Gasteiger partial charge in [0.15, 0.2) is 11.5 Å². The molecular weight excluding hydrogens is 368 g/mol. The number of amides is 1. The third-order valence-corrected chi connectivity index (χ3v) is 3.84. The standard InChI is InChI=1S/C22H24N4O3/c1-4-28-19-11-7-5-9-16(19)24-22(27)18-13-14-21(26-25-18)23-17-10-6-8-12-20(17)29-15(2)3/h5-15H,4H2,1-3H3,(H,23,26)(H,24,27). The van der Waals surface area contributed by atoms with Gasteiger partial charge in [0, 0.05) is 0 Å². The number of hydrogen-bond acceptors (Lipinski definition) is 6. The smallest absolute Gasteiger partial charge is 0.276 e. The van der Waals surface area contributed by atoms with Crippen molar-refractivity contribution in [1.29, 1.82) is 0 Å². The molecule has 2 N–H and O–H groups in total. The van der Waals surface area contributed by atoms with Crippen LogP contribution >= 0.6 is 0 Å². The number of nitrogens with one attached hydrogen (secondary N) is 2. The molecule has 7 heteroatoms. The average Bonchev–Trinajstić information content (AvgIpc) is 2.71. The van der Waals surface area contributed by atoms with Gasteiger partial charge in [-0.15, -0.1) is 10.2 Å². The van der Waals surface area contributed by atoms with Crippen LogP contribution < -0.4 is 20.1 Å². The number of hydrogen-bond donors (Lipinski definition) is 2. The van der Waals surface area contributed by atoms with Crippen molar-refractivity contribution in [2.24, 2.45) is 0 Å². The SMILES string of the molecule is CCOc1ccccc1NC(=O)c1ccc(Nc2ccccc2OC(C)C)nn1. The fourth-order valence-electron chi connectivity index (χ4n) is 2.62. The van der Waals surface area contributed by atoms with Crippen molar-refractivity contribution in [3.8, 4) is 11.5 Å². The number of nitrogens with zero attached hydrogens (tertiary/aromatic N) is 2. The molecule has 0 aliphatic carbocycles. The van der Waals surface area contributed by atoms with Gasteiger partial charge in [0.2, 0.25) is 0 Å². The predicted octanol–water partition coefficient (Wildman–Crippen LogP) is 4.66. The van der Waals surface area contributed by atoms with Crippen LogP contribution in [0.15, 0.2) is 60.7 Å². The van der Waals surface area contributed by atoms with Gasteiger partial charge in [0.25, 0.3) is 5.91 Å². The number of ether oxygens (including phenoxy) is 2. The van der Waals surface area contributed by atoms with E-state index in [1.165, 1.54) is 0 Å². The van der Waals surface area contributed by atoms with Crippen LogP contribution in [0.4, 0.5) is 17.2 Å². The van der Waals surface area contributed by atoms with Crippen LogP contribution in [0.3, 0.4) is 0 Å². The predicted molar refractivity (Wildman–Crippen MR) is 113 cm³/mol. The van der Waals surface area contributed by atoms with E-state index in [2.05, 4.69) is 20.8 Å². The molecule has 0 fully saturated rings. The molecule has 0 radical (unpaired) electrons. The maximum atomic E-state index is 12.5. The summed E-state index contributed by atoms with van der Waals surface area (Å²) >= 11 is 0. The zero-order valence-corrected chi connectivity index (χ0v) is 16.7. The molecule has 0 aliphatic rings. The lowest BCUT2D eigenvalue weighted by atomic mass is 10.2. The van der Waals surface area contributed by atoms with Crippen molar-refractivity contribution in [1.82, 2.24) is 10.2 Å². The summed E-state index contributed by atoms with van der Waals surface area (Å²) in [5, 5.41) is 14.1. The highest BCUT2D eigenvalue weighted by molar-refractivity contribution is 6.03. The summed E-state index contributed by atoms with van der Waals surface area (Å²) in [5.41, 5.74) is 1.56. The number of carbonyl (C=O) groups is 1. The van der Waals surface area contributed by atoms with E-state index in [-0.39, 0.29) is 17.7 Å². The Balaban J connectivity index is 1.70. The lowest BCUT2D eigenvalue weighted by Crippen LogP contribution is -2.15. The van der Waals surface area contributed by atoms with Crippen molar-refractivity contribution in [2.45, 2.75) is 26.9 Å². The van der Waals surface area contributed by atoms with Crippen LogP contribution in [-0.4, -0.2) is 28.8 Å². The van der Waals surface area contributed by atoms with E-state index in [0.717, 1.165) is 11.4 Å². The highest BCUT2D eigenvalue weighted by Crippen LogP contribution is 2.27. The Bertz CT molecular complexity index is 958. The van der Waals surface area contributed by atoms with Crippen LogP contribution in [0.2, 0.25) is 0 Å². The molecular formula is C22H24N4O3. The van der Waals surface area contributed by atoms with Gasteiger partial charge >= 0.3 is 0 Å². The first-order chi connectivity index (χ1) is 14.1. The normalized spacial score (nSPS) is 10.5. The molecule has 0 atom stereocenters. The van der Waals surface area contributed by atoms with E-state index < -0.39 is 0 Å². The molecule has 3 aromatic rings. The van der Waals surface area contributed by atoms with Crippen LogP contribution in [0.5, 0.6) is 11.5 Å². The zero-order chi connectivity index (χ0) is 20.6. The van der Waals surface area contributed by atoms with Crippen LogP contribution in [0, 0.1) is 0 Å². The van der Waals surface area contributed by atoms with E-state index in [9.17, 15) is 4.79 Å². The Kier molecular flexibility index (Phi) is 6.63. The van der Waals surface area contributed by atoms with Gasteiger partial charge in [0.1, 0.15) is 11.5 Å². The van der Waals surface area contributed by atoms with Gasteiger partial charge in [-0.2, -0.15) is 0 Å². The summed E-state index contributed by atoms with van der Waals surface area (Å²) in [7, 11) is 0. The van der Waals surface area contributed by atoms with E-state index in [4.69, 9.17) is 9.47 Å². The fourth-order valence-corrected chi connectivity index (χ4v) is 2.62. The minimum atomic E-state index is -0.361. The van der Waals surface area contributed by atoms with E-state index >= 15 is 0 Å². The van der Waals surface area contributed by atoms with Crippen molar-refractivity contribution in [3.63, 3.8) is 0 Å². The van der Waals surface area contributed by atoms with Crippen molar-refractivity contribution in [3.05, 3.63) is 66.4 Å². The lowest BCUT2D eigenvalue weighted by Gasteiger charge is -2.15. The Morgan fingerprint density at radius 1 is 0.931 bits per heavy atom. The number of anilines is 3. The first-order valence-corrected chi connectivity index (χ1v) is 9.46. The Morgan fingerprint density at radius 2 is 1.62 bits per heavy atom. The van der Waals surface area contributed by atoms with Crippen molar-refractivity contribution in [2.75, 3.05) is 17.2 Å². The van der Waals surface area contributed by atoms with Crippen molar-refractivity contribution < 1.29 is 14.3 Å². The lowest BCUT2D eigenvalue weighted by molar-refractivity contribution is 0.102. The molecule has 0 unspecified atom stereocenters. The molecule has 2 aromatic carbocycles. The number of para-hydroxylation sites is 4. The summed E-state index contributed by atoms with van der Waals surface area (Å²) < 4.78 is 11.3. The van der Waals surface area contributed by atoms with Gasteiger partial charge in [-0.3, -0.25) is 4.79 Å². The first-order valence-electron chi connectivity index (χ1n) is 9.46. The minimum absolute atomic E-state index is 0.0506. The van der Waals surface area contributed by atoms with Crippen LogP contribution in [0.25, 0.3) is 0 Å². The van der Waals surface area contributed by atoms with Gasteiger partial charge in [-0.05, 0) is 57.2 Å². The van der Waals surface area contributed by atoms with E-state index in [0.29, 0.717) is 23.9 Å². The molecule has 29 heavy (non-hydrogen) atoms. The third-order valence-electron chi connectivity index (χ3n) is 3.84. The van der Waals surface area contributed by atoms with Gasteiger partial charge < -0.3 is 20.1 Å². The largest absolute Gasteiger partial charge is 0.492 e. The van der Waals surface area contributed by atoms with Crippen molar-refractivity contribution >= 4 is 23.1 Å².